The van der Waals surface area contributed by atoms with E-state index in [9.17, 15) is 9.59 Å². The normalized spacial score (nSPS) is 11.5. The fourth-order valence-electron chi connectivity index (χ4n) is 2.87. The van der Waals surface area contributed by atoms with Crippen LogP contribution in [0.2, 0.25) is 0 Å². The molecular weight excluding hydrogens is 412 g/mol. The zero-order valence-electron chi connectivity index (χ0n) is 17.2. The number of thiazole rings is 1. The van der Waals surface area contributed by atoms with Gasteiger partial charge in [-0.1, -0.05) is 12.1 Å². The summed E-state index contributed by atoms with van der Waals surface area (Å²) in [6, 6.07) is 12.3. The molecule has 3 rings (SSSR count). The molecule has 2 N–H and O–H groups in total. The average molecular weight is 435 g/mol. The number of likely N-dealkylation sites (N-methyl/N-ethyl adjacent to an activating group) is 1. The summed E-state index contributed by atoms with van der Waals surface area (Å²) in [4.78, 5) is 35.0. The van der Waals surface area contributed by atoms with Crippen LogP contribution in [-0.2, 0) is 4.79 Å². The van der Waals surface area contributed by atoms with Gasteiger partial charge in [-0.2, -0.15) is 5.26 Å². The Labute approximate surface area is 184 Å². The predicted octanol–water partition coefficient (Wildman–Crippen LogP) is 2.17. The van der Waals surface area contributed by atoms with Crippen LogP contribution >= 0.6 is 11.3 Å². The van der Waals surface area contributed by atoms with Gasteiger partial charge in [0.25, 0.3) is 5.91 Å². The molecule has 9 heteroatoms. The lowest BCUT2D eigenvalue weighted by Crippen LogP contribution is -2.50. The average Bonchev–Trinajstić information content (AvgIpc) is 3.28. The van der Waals surface area contributed by atoms with Crippen molar-refractivity contribution in [3.05, 3.63) is 59.7 Å². The number of carbonyl (C=O) groups excluding carboxylic acids is 2. The Morgan fingerprint density at radius 2 is 1.81 bits per heavy atom. The molecule has 158 valence electrons. The number of hydrogen-bond donors (Lipinski definition) is 2. The van der Waals surface area contributed by atoms with Gasteiger partial charge in [-0.15, -0.1) is 11.3 Å². The molecule has 0 bridgehead atoms. The van der Waals surface area contributed by atoms with Crippen LogP contribution in [0.4, 0.5) is 0 Å². The molecule has 1 aromatic carbocycles. The van der Waals surface area contributed by atoms with Gasteiger partial charge < -0.3 is 10.6 Å². The van der Waals surface area contributed by atoms with Crippen molar-refractivity contribution in [1.29, 1.82) is 5.26 Å². The molecule has 0 spiro atoms. The van der Waals surface area contributed by atoms with Gasteiger partial charge in [0.05, 0.1) is 11.8 Å². The van der Waals surface area contributed by atoms with E-state index in [-0.39, 0.29) is 24.9 Å². The second-order valence-corrected chi connectivity index (χ2v) is 7.77. The molecule has 0 aliphatic heterocycles. The second-order valence-electron chi connectivity index (χ2n) is 6.92. The third-order valence-electron chi connectivity index (χ3n) is 4.60. The largest absolute Gasteiger partial charge is 0.350 e. The molecular formula is C22H22N6O2S. The molecule has 1 atom stereocenters. The second kappa shape index (κ2) is 10.4. The number of nitrogens with one attached hydrogen (secondary N) is 2. The van der Waals surface area contributed by atoms with E-state index in [4.69, 9.17) is 5.26 Å². The Morgan fingerprint density at radius 3 is 2.45 bits per heavy atom. The first-order valence-electron chi connectivity index (χ1n) is 9.55. The third-order valence-corrected chi connectivity index (χ3v) is 5.49. The maximum absolute atomic E-state index is 12.5. The quantitative estimate of drug-likeness (QED) is 0.526. The highest BCUT2D eigenvalue weighted by atomic mass is 32.1. The fraction of sp³-hybridized carbons (Fsp3) is 0.227. The van der Waals surface area contributed by atoms with Crippen molar-refractivity contribution in [3.63, 3.8) is 0 Å². The molecule has 3 aromatic rings. The summed E-state index contributed by atoms with van der Waals surface area (Å²) < 4.78 is 0. The van der Waals surface area contributed by atoms with Crippen molar-refractivity contribution < 1.29 is 9.59 Å². The van der Waals surface area contributed by atoms with E-state index >= 15 is 0 Å². The SMILES string of the molecule is CN(C)C(CNC(=O)c1ccc(-c2csc(-c3ccncc3)n2)cc1)C(=O)NCC#N. The van der Waals surface area contributed by atoms with Gasteiger partial charge >= 0.3 is 0 Å². The predicted molar refractivity (Wildman–Crippen MR) is 119 cm³/mol. The Bertz CT molecular complexity index is 1070. The van der Waals surface area contributed by atoms with E-state index in [2.05, 4.69) is 20.6 Å². The number of rotatable bonds is 8. The number of carbonyl (C=O) groups is 2. The molecule has 2 aromatic heterocycles. The van der Waals surface area contributed by atoms with Crippen LogP contribution in [-0.4, -0.2) is 59.9 Å². The minimum atomic E-state index is -0.571. The smallest absolute Gasteiger partial charge is 0.251 e. The molecule has 8 nitrogen and oxygen atoms in total. The number of hydrogen-bond acceptors (Lipinski definition) is 7. The van der Waals surface area contributed by atoms with Gasteiger partial charge in [-0.3, -0.25) is 19.5 Å². The van der Waals surface area contributed by atoms with Gasteiger partial charge in [0.1, 0.15) is 17.6 Å². The van der Waals surface area contributed by atoms with Crippen molar-refractivity contribution in [2.45, 2.75) is 6.04 Å². The molecule has 0 aliphatic rings. The van der Waals surface area contributed by atoms with Crippen LogP contribution in [0.3, 0.4) is 0 Å². The zero-order valence-corrected chi connectivity index (χ0v) is 18.0. The van der Waals surface area contributed by atoms with Crippen molar-refractivity contribution in [2.24, 2.45) is 0 Å². The number of benzene rings is 1. The first kappa shape index (κ1) is 22.1. The molecule has 0 radical (unpaired) electrons. The van der Waals surface area contributed by atoms with E-state index in [0.29, 0.717) is 5.56 Å². The fourth-order valence-corrected chi connectivity index (χ4v) is 3.71. The highest BCUT2D eigenvalue weighted by Gasteiger charge is 2.21. The Hall–Kier alpha value is -3.61. The zero-order chi connectivity index (χ0) is 22.2. The molecule has 2 amide bonds. The topological polar surface area (TPSA) is 111 Å². The summed E-state index contributed by atoms with van der Waals surface area (Å²) >= 11 is 1.55. The van der Waals surface area contributed by atoms with E-state index in [0.717, 1.165) is 21.8 Å². The summed E-state index contributed by atoms with van der Waals surface area (Å²) in [6.07, 6.45) is 3.47. The van der Waals surface area contributed by atoms with E-state index in [1.807, 2.05) is 35.7 Å². The van der Waals surface area contributed by atoms with E-state index in [1.165, 1.54) is 0 Å². The summed E-state index contributed by atoms with van der Waals surface area (Å²) in [5.41, 5.74) is 3.25. The summed E-state index contributed by atoms with van der Waals surface area (Å²) in [5, 5.41) is 16.8. The molecule has 0 saturated carbocycles. The molecule has 0 aliphatic carbocycles. The van der Waals surface area contributed by atoms with Crippen molar-refractivity contribution in [3.8, 4) is 27.9 Å². The molecule has 0 saturated heterocycles. The molecule has 0 fully saturated rings. The summed E-state index contributed by atoms with van der Waals surface area (Å²) in [7, 11) is 3.48. The highest BCUT2D eigenvalue weighted by molar-refractivity contribution is 7.13. The summed E-state index contributed by atoms with van der Waals surface area (Å²) in [6.45, 7) is 0.0598. The molecule has 31 heavy (non-hydrogen) atoms. The Balaban J connectivity index is 1.63. The minimum Gasteiger partial charge on any atom is -0.350 e. The van der Waals surface area contributed by atoms with Gasteiger partial charge in [0.15, 0.2) is 0 Å². The number of pyridine rings is 1. The number of nitriles is 1. The summed E-state index contributed by atoms with van der Waals surface area (Å²) in [5.74, 6) is -0.585. The van der Waals surface area contributed by atoms with Crippen LogP contribution in [0.15, 0.2) is 54.2 Å². The number of aromatic nitrogens is 2. The standard InChI is InChI=1S/C22H22N6O2S/c1-28(2)19(21(30)25-12-9-23)13-26-20(29)16-5-3-15(4-6-16)18-14-31-22(27-18)17-7-10-24-11-8-17/h3-8,10-11,14,19H,12-13H2,1-2H3,(H,25,30)(H,26,29). The van der Waals surface area contributed by atoms with E-state index < -0.39 is 6.04 Å². The van der Waals surface area contributed by atoms with Crippen LogP contribution in [0.1, 0.15) is 10.4 Å². The van der Waals surface area contributed by atoms with Gasteiger partial charge in [0, 0.05) is 41.0 Å². The third kappa shape index (κ3) is 5.72. The monoisotopic (exact) mass is 434 g/mol. The Morgan fingerprint density at radius 1 is 1.10 bits per heavy atom. The van der Waals surface area contributed by atoms with Gasteiger partial charge in [-0.05, 0) is 38.4 Å². The van der Waals surface area contributed by atoms with E-state index in [1.54, 1.807) is 54.9 Å². The lowest BCUT2D eigenvalue weighted by atomic mass is 10.1. The van der Waals surface area contributed by atoms with Crippen molar-refractivity contribution in [2.75, 3.05) is 27.2 Å². The first-order chi connectivity index (χ1) is 15.0. The van der Waals surface area contributed by atoms with Crippen LogP contribution in [0, 0.1) is 11.3 Å². The van der Waals surface area contributed by atoms with Crippen LogP contribution in [0.25, 0.3) is 21.8 Å². The number of amides is 2. The maximum Gasteiger partial charge on any atom is 0.251 e. The molecule has 2 heterocycles. The van der Waals surface area contributed by atoms with Gasteiger partial charge in [-0.25, -0.2) is 4.98 Å². The van der Waals surface area contributed by atoms with Gasteiger partial charge in [0.2, 0.25) is 5.91 Å². The maximum atomic E-state index is 12.5. The first-order valence-corrected chi connectivity index (χ1v) is 10.4. The lowest BCUT2D eigenvalue weighted by molar-refractivity contribution is -0.125. The van der Waals surface area contributed by atoms with Crippen LogP contribution in [0.5, 0.6) is 0 Å². The Kier molecular flexibility index (Phi) is 7.43. The molecule has 1 unspecified atom stereocenters. The minimum absolute atomic E-state index is 0.0714. The highest BCUT2D eigenvalue weighted by Crippen LogP contribution is 2.28. The number of nitrogens with zero attached hydrogens (tertiary/aromatic N) is 4. The lowest BCUT2D eigenvalue weighted by Gasteiger charge is -2.23. The van der Waals surface area contributed by atoms with Crippen LogP contribution < -0.4 is 10.6 Å². The van der Waals surface area contributed by atoms with Crippen molar-refractivity contribution >= 4 is 23.2 Å². The van der Waals surface area contributed by atoms with Crippen molar-refractivity contribution in [1.82, 2.24) is 25.5 Å².